The van der Waals surface area contributed by atoms with Gasteiger partial charge in [0.2, 0.25) is 17.7 Å². The number of rotatable bonds is 27. The van der Waals surface area contributed by atoms with Crippen molar-refractivity contribution < 1.29 is 33.4 Å². The quantitative estimate of drug-likeness (QED) is 0.0413. The number of unbranched alkanes of at least 4 members (excludes halogenated alkanes) is 2. The normalized spacial score (nSPS) is 19.0. The first-order valence-corrected chi connectivity index (χ1v) is 22.3. The Bertz CT molecular complexity index is 1690. The van der Waals surface area contributed by atoms with Crippen LogP contribution in [0, 0.1) is 23.7 Å². The van der Waals surface area contributed by atoms with Gasteiger partial charge in [-0.25, -0.2) is 5.43 Å². The molecule has 0 aliphatic carbocycles. The lowest BCUT2D eigenvalue weighted by Crippen LogP contribution is -2.51. The fraction of sp³-hybridized carbons (Fsp3) is 0.625. The predicted molar refractivity (Wildman–Crippen MR) is 235 cm³/mol. The number of aryl methyl sites for hydroxylation is 1. The van der Waals surface area contributed by atoms with Gasteiger partial charge in [0.1, 0.15) is 11.4 Å². The Morgan fingerprint density at radius 1 is 0.783 bits per heavy atom. The smallest absolute Gasteiger partial charge is 0.240 e. The maximum atomic E-state index is 14.5. The van der Waals surface area contributed by atoms with Crippen LogP contribution in [-0.2, 0) is 46.3 Å². The minimum absolute atomic E-state index is 0.0168. The number of ketones is 2. The number of hydrogen-bond acceptors (Lipinski definition) is 9. The van der Waals surface area contributed by atoms with Crippen molar-refractivity contribution >= 4 is 35.0 Å². The highest BCUT2D eigenvalue weighted by molar-refractivity contribution is 6.02. The summed E-state index contributed by atoms with van der Waals surface area (Å²) in [7, 11) is 0. The van der Waals surface area contributed by atoms with Crippen molar-refractivity contribution in [1.29, 1.82) is 0 Å². The average Bonchev–Trinajstić information content (AvgIpc) is 3.97. The second-order valence-corrected chi connectivity index (χ2v) is 17.8. The van der Waals surface area contributed by atoms with Gasteiger partial charge in [-0.15, -0.1) is 0 Å². The van der Waals surface area contributed by atoms with Gasteiger partial charge in [-0.2, -0.15) is 5.10 Å². The van der Waals surface area contributed by atoms with Gasteiger partial charge in [-0.1, -0.05) is 108 Å². The first-order valence-electron chi connectivity index (χ1n) is 22.3. The van der Waals surface area contributed by atoms with E-state index in [4.69, 9.17) is 9.47 Å². The number of morpholine rings is 1. The van der Waals surface area contributed by atoms with Crippen molar-refractivity contribution in [3.8, 4) is 0 Å². The largest absolute Gasteiger partial charge is 0.379 e. The molecule has 0 radical (unpaired) electrons. The van der Waals surface area contributed by atoms with E-state index in [1.165, 1.54) is 0 Å². The zero-order valence-electron chi connectivity index (χ0n) is 37.0. The fourth-order valence-electron chi connectivity index (χ4n) is 7.77. The monoisotopic (exact) mass is 830 g/mol. The van der Waals surface area contributed by atoms with Gasteiger partial charge in [0.25, 0.3) is 0 Å². The van der Waals surface area contributed by atoms with E-state index in [0.717, 1.165) is 30.4 Å². The standard InChI is InChI=1S/C48H71N5O7/c1-7-8-11-20-44(56)51-52-45(48(6)33-60-48)42(28-35(4)5)50-47(58)39(29-37-18-14-10-15-19-37)31-43(55)41(27-34(2)3)49-46(57)38(22-21-36-16-12-9-13-17-36)30-40(54)32-53-23-25-59-26-24-53/h9-10,12-19,34-35,38-39,41-42H,7-8,11,20-33H2,1-6H3,(H,49,57)(H,50,58)(H,51,56)/b52-45-/t38-,39-,41+,42+,48-/m1/s1. The van der Waals surface area contributed by atoms with Gasteiger partial charge < -0.3 is 20.1 Å². The predicted octanol–water partition coefficient (Wildman–Crippen LogP) is 6.25. The average molecular weight is 830 g/mol. The Hall–Kier alpha value is -4.26. The van der Waals surface area contributed by atoms with Crippen molar-refractivity contribution in [2.75, 3.05) is 39.5 Å². The Balaban J connectivity index is 1.55. The molecule has 2 aliphatic heterocycles. The third-order valence-corrected chi connectivity index (χ3v) is 11.3. The zero-order valence-corrected chi connectivity index (χ0v) is 37.0. The number of benzene rings is 2. The highest BCUT2D eigenvalue weighted by Gasteiger charge is 2.49. The molecule has 2 aromatic carbocycles. The molecule has 2 aromatic rings. The summed E-state index contributed by atoms with van der Waals surface area (Å²) in [6.45, 7) is 15.3. The van der Waals surface area contributed by atoms with Crippen LogP contribution in [0.15, 0.2) is 65.8 Å². The van der Waals surface area contributed by atoms with E-state index in [9.17, 15) is 24.0 Å². The van der Waals surface area contributed by atoms with E-state index in [-0.39, 0.29) is 60.5 Å². The number of epoxide rings is 1. The second-order valence-electron chi connectivity index (χ2n) is 17.8. The minimum atomic E-state index is -0.845. The zero-order chi connectivity index (χ0) is 43.5. The number of hydrazone groups is 1. The van der Waals surface area contributed by atoms with Crippen LogP contribution in [-0.4, -0.2) is 97.0 Å². The Labute approximate surface area is 358 Å². The number of amides is 3. The molecule has 330 valence electrons. The first-order chi connectivity index (χ1) is 28.8. The van der Waals surface area contributed by atoms with Gasteiger partial charge in [0.05, 0.1) is 44.2 Å². The van der Waals surface area contributed by atoms with Crippen LogP contribution in [0.5, 0.6) is 0 Å². The molecule has 12 heteroatoms. The number of carbonyl (C=O) groups is 5. The number of nitrogens with one attached hydrogen (secondary N) is 3. The first kappa shape index (κ1) is 48.4. The highest BCUT2D eigenvalue weighted by Crippen LogP contribution is 2.31. The molecule has 3 N–H and O–H groups in total. The van der Waals surface area contributed by atoms with Crippen LogP contribution in [0.1, 0.15) is 110 Å². The molecule has 5 atom stereocenters. The summed E-state index contributed by atoms with van der Waals surface area (Å²) in [5.41, 5.74) is 4.51. The molecule has 2 heterocycles. The SMILES string of the molecule is CCCCCC(=O)N/N=C(/[C@H](CC(C)C)NC(=O)[C@@H](CC(=O)[C@H](CC(C)C)NC(=O)[C@H](CCc1ccccc1)CC(=O)CN1CCOCC1)Cc1ccccc1)[C@@]1(C)CO1. The summed E-state index contributed by atoms with van der Waals surface area (Å²) in [5.74, 6) is -2.23. The molecular weight excluding hydrogens is 759 g/mol. The molecule has 12 nitrogen and oxygen atoms in total. The van der Waals surface area contributed by atoms with Crippen LogP contribution in [0.4, 0.5) is 0 Å². The van der Waals surface area contributed by atoms with Crippen molar-refractivity contribution in [3.05, 3.63) is 71.8 Å². The van der Waals surface area contributed by atoms with Gasteiger partial charge in [0.15, 0.2) is 5.78 Å². The van der Waals surface area contributed by atoms with Crippen LogP contribution >= 0.6 is 0 Å². The summed E-state index contributed by atoms with van der Waals surface area (Å²) < 4.78 is 11.3. The third-order valence-electron chi connectivity index (χ3n) is 11.3. The summed E-state index contributed by atoms with van der Waals surface area (Å²) in [4.78, 5) is 71.4. The van der Waals surface area contributed by atoms with Gasteiger partial charge in [0, 0.05) is 44.2 Å². The molecule has 2 fully saturated rings. The van der Waals surface area contributed by atoms with E-state index >= 15 is 0 Å². The maximum absolute atomic E-state index is 14.5. The maximum Gasteiger partial charge on any atom is 0.240 e. The van der Waals surface area contributed by atoms with Crippen molar-refractivity contribution in [1.82, 2.24) is 21.0 Å². The Morgan fingerprint density at radius 2 is 1.37 bits per heavy atom. The van der Waals surface area contributed by atoms with E-state index in [1.54, 1.807) is 0 Å². The molecule has 0 aromatic heterocycles. The number of Topliss-reactive ketones (excluding diaryl/α,β-unsaturated/α-hetero) is 2. The second kappa shape index (κ2) is 24.9. The third kappa shape index (κ3) is 17.0. The highest BCUT2D eigenvalue weighted by atomic mass is 16.6. The van der Waals surface area contributed by atoms with Gasteiger partial charge in [-0.3, -0.25) is 28.9 Å². The fourth-order valence-corrected chi connectivity index (χ4v) is 7.77. The number of ether oxygens (including phenoxy) is 2. The molecule has 3 amide bonds. The lowest BCUT2D eigenvalue weighted by Gasteiger charge is -2.28. The number of hydrogen-bond donors (Lipinski definition) is 3. The molecular formula is C48H71N5O7. The van der Waals surface area contributed by atoms with Crippen molar-refractivity contribution in [2.45, 2.75) is 130 Å². The molecule has 4 rings (SSSR count). The van der Waals surface area contributed by atoms with E-state index in [0.29, 0.717) is 77.1 Å². The van der Waals surface area contributed by atoms with E-state index < -0.39 is 29.5 Å². The molecule has 0 unspecified atom stereocenters. The molecule has 60 heavy (non-hydrogen) atoms. The van der Waals surface area contributed by atoms with Crippen molar-refractivity contribution in [3.63, 3.8) is 0 Å². The number of nitrogens with zero attached hydrogens (tertiary/aromatic N) is 2. The molecule has 2 aliphatic rings. The summed E-state index contributed by atoms with van der Waals surface area (Å²) in [6, 6.07) is 18.1. The van der Waals surface area contributed by atoms with Gasteiger partial charge >= 0.3 is 0 Å². The lowest BCUT2D eigenvalue weighted by molar-refractivity contribution is -0.134. The topological polar surface area (TPSA) is 159 Å². The molecule has 0 bridgehead atoms. The number of carbonyl (C=O) groups excluding carboxylic acids is 5. The summed E-state index contributed by atoms with van der Waals surface area (Å²) in [6.07, 6.45) is 5.34. The van der Waals surface area contributed by atoms with Gasteiger partial charge in [-0.05, 0) is 68.4 Å². The van der Waals surface area contributed by atoms with Crippen LogP contribution in [0.3, 0.4) is 0 Å². The Kier molecular flexibility index (Phi) is 20.1. The van der Waals surface area contributed by atoms with Crippen LogP contribution in [0.25, 0.3) is 0 Å². The lowest BCUT2D eigenvalue weighted by atomic mass is 9.87. The van der Waals surface area contributed by atoms with Crippen molar-refractivity contribution in [2.24, 2.45) is 28.8 Å². The Morgan fingerprint density at radius 3 is 1.97 bits per heavy atom. The van der Waals surface area contributed by atoms with Crippen LogP contribution in [0.2, 0.25) is 0 Å². The van der Waals surface area contributed by atoms with Crippen LogP contribution < -0.4 is 16.1 Å². The summed E-state index contributed by atoms with van der Waals surface area (Å²) >= 11 is 0. The van der Waals surface area contributed by atoms with E-state index in [2.05, 4.69) is 46.8 Å². The molecule has 0 saturated carbocycles. The molecule has 2 saturated heterocycles. The van der Waals surface area contributed by atoms with E-state index in [1.807, 2.05) is 81.4 Å². The summed E-state index contributed by atoms with van der Waals surface area (Å²) in [5, 5.41) is 10.9. The molecule has 0 spiro atoms. The minimum Gasteiger partial charge on any atom is -0.379 e.